The molecule has 0 radical (unpaired) electrons. The summed E-state index contributed by atoms with van der Waals surface area (Å²) in [5, 5.41) is 8.61. The van der Waals surface area contributed by atoms with Gasteiger partial charge in [0.15, 0.2) is 0 Å². The van der Waals surface area contributed by atoms with E-state index < -0.39 is 0 Å². The number of benzene rings is 2. The lowest BCUT2D eigenvalue weighted by Gasteiger charge is -2.13. The molecule has 1 amide bonds. The predicted molar refractivity (Wildman–Crippen MR) is 117 cm³/mol. The van der Waals surface area contributed by atoms with Crippen molar-refractivity contribution in [1.82, 2.24) is 15.3 Å². The normalized spacial score (nSPS) is 10.7. The Balaban J connectivity index is 1.62. The maximum absolute atomic E-state index is 12.8. The first-order valence-electron chi connectivity index (χ1n) is 9.20. The summed E-state index contributed by atoms with van der Waals surface area (Å²) in [5.41, 5.74) is 3.31. The maximum Gasteiger partial charge on any atom is 0.253 e. The Morgan fingerprint density at radius 2 is 1.86 bits per heavy atom. The minimum atomic E-state index is -0.178. The van der Waals surface area contributed by atoms with E-state index in [9.17, 15) is 4.79 Å². The summed E-state index contributed by atoms with van der Waals surface area (Å²) >= 11 is 6.23. The number of halogens is 1. The molecule has 0 bridgehead atoms. The van der Waals surface area contributed by atoms with Gasteiger partial charge in [-0.25, -0.2) is 4.98 Å². The largest absolute Gasteiger partial charge is 0.348 e. The number of carbonyl (C=O) groups is 1. The van der Waals surface area contributed by atoms with E-state index in [1.54, 1.807) is 18.6 Å². The summed E-state index contributed by atoms with van der Waals surface area (Å²) in [6, 6.07) is 17.2. The molecule has 0 aliphatic heterocycles. The van der Waals surface area contributed by atoms with Crippen LogP contribution in [-0.2, 0) is 6.54 Å². The minimum Gasteiger partial charge on any atom is -0.348 e. The number of amides is 1. The molecule has 0 saturated carbocycles. The summed E-state index contributed by atoms with van der Waals surface area (Å²) < 4.78 is 0. The Morgan fingerprint density at radius 3 is 2.62 bits per heavy atom. The predicted octanol–water partition coefficient (Wildman–Crippen LogP) is 5.27. The van der Waals surface area contributed by atoms with Gasteiger partial charge in [-0.3, -0.25) is 9.78 Å². The zero-order chi connectivity index (χ0) is 20.2. The van der Waals surface area contributed by atoms with Crippen LogP contribution in [0.2, 0.25) is 5.02 Å². The number of nitrogens with one attached hydrogen (secondary N) is 2. The smallest absolute Gasteiger partial charge is 0.253 e. The molecule has 4 aromatic rings. The van der Waals surface area contributed by atoms with Gasteiger partial charge in [0.25, 0.3) is 5.91 Å². The van der Waals surface area contributed by atoms with Crippen LogP contribution in [0.4, 0.5) is 11.5 Å². The summed E-state index contributed by atoms with van der Waals surface area (Å²) in [5.74, 6) is 0.492. The number of aromatic nitrogens is 2. The Kier molecular flexibility index (Phi) is 5.40. The molecule has 144 valence electrons. The van der Waals surface area contributed by atoms with Crippen molar-refractivity contribution in [1.29, 1.82) is 0 Å². The quantitative estimate of drug-likeness (QED) is 0.477. The van der Waals surface area contributed by atoms with Crippen molar-refractivity contribution in [3.8, 4) is 0 Å². The highest BCUT2D eigenvalue weighted by molar-refractivity contribution is 6.31. The summed E-state index contributed by atoms with van der Waals surface area (Å²) in [7, 11) is 0. The molecule has 0 fully saturated rings. The van der Waals surface area contributed by atoms with Crippen molar-refractivity contribution in [3.63, 3.8) is 0 Å². The molecule has 6 heteroatoms. The third-order valence-corrected chi connectivity index (χ3v) is 5.06. The Morgan fingerprint density at radius 1 is 1.03 bits per heavy atom. The topological polar surface area (TPSA) is 66.9 Å². The van der Waals surface area contributed by atoms with Crippen LogP contribution in [0.5, 0.6) is 0 Å². The first kappa shape index (κ1) is 18.9. The number of hydrogen-bond acceptors (Lipinski definition) is 4. The molecule has 4 rings (SSSR count). The third-order valence-electron chi connectivity index (χ3n) is 4.65. The van der Waals surface area contributed by atoms with Gasteiger partial charge in [0.2, 0.25) is 0 Å². The molecule has 0 saturated heterocycles. The molecule has 0 atom stereocenters. The number of fused-ring (bicyclic) bond motifs is 1. The van der Waals surface area contributed by atoms with Crippen molar-refractivity contribution >= 4 is 39.8 Å². The van der Waals surface area contributed by atoms with Gasteiger partial charge in [0.05, 0.1) is 5.56 Å². The van der Waals surface area contributed by atoms with Crippen LogP contribution in [0, 0.1) is 6.92 Å². The SMILES string of the molecule is Cc1ccc(Nc2ncc(C(=O)NCc3cccnc3)c3ccccc23)cc1Cl. The number of aryl methyl sites for hydroxylation is 1. The average molecular weight is 403 g/mol. The number of anilines is 2. The molecule has 5 nitrogen and oxygen atoms in total. The molecule has 0 aliphatic carbocycles. The van der Waals surface area contributed by atoms with E-state index in [1.807, 2.05) is 61.5 Å². The number of pyridine rings is 2. The van der Waals surface area contributed by atoms with Gasteiger partial charge in [0, 0.05) is 41.2 Å². The van der Waals surface area contributed by atoms with Gasteiger partial charge in [-0.2, -0.15) is 0 Å². The third kappa shape index (κ3) is 4.20. The fraction of sp³-hybridized carbons (Fsp3) is 0.0870. The second-order valence-electron chi connectivity index (χ2n) is 6.70. The van der Waals surface area contributed by atoms with E-state index in [0.717, 1.165) is 27.6 Å². The molecule has 2 aromatic carbocycles. The lowest BCUT2D eigenvalue weighted by Crippen LogP contribution is -2.23. The van der Waals surface area contributed by atoms with E-state index in [-0.39, 0.29) is 5.91 Å². The molecule has 0 aliphatic rings. The van der Waals surface area contributed by atoms with Gasteiger partial charge >= 0.3 is 0 Å². The molecule has 29 heavy (non-hydrogen) atoms. The Bertz CT molecular complexity index is 1180. The van der Waals surface area contributed by atoms with E-state index in [0.29, 0.717) is 22.9 Å². The number of hydrogen-bond donors (Lipinski definition) is 2. The van der Waals surface area contributed by atoms with Crippen LogP contribution in [-0.4, -0.2) is 15.9 Å². The average Bonchev–Trinajstić information content (AvgIpc) is 2.75. The van der Waals surface area contributed by atoms with Crippen LogP contribution < -0.4 is 10.6 Å². The van der Waals surface area contributed by atoms with Gasteiger partial charge in [0.1, 0.15) is 5.82 Å². The van der Waals surface area contributed by atoms with Crippen molar-refractivity contribution in [2.24, 2.45) is 0 Å². The van der Waals surface area contributed by atoms with Crippen LogP contribution >= 0.6 is 11.6 Å². The fourth-order valence-electron chi connectivity index (χ4n) is 3.06. The monoisotopic (exact) mass is 402 g/mol. The van der Waals surface area contributed by atoms with E-state index in [2.05, 4.69) is 20.6 Å². The van der Waals surface area contributed by atoms with Crippen molar-refractivity contribution in [3.05, 3.63) is 94.9 Å². The lowest BCUT2D eigenvalue weighted by atomic mass is 10.1. The van der Waals surface area contributed by atoms with Crippen LogP contribution in [0.25, 0.3) is 10.8 Å². The van der Waals surface area contributed by atoms with E-state index >= 15 is 0 Å². The zero-order valence-electron chi connectivity index (χ0n) is 15.8. The summed E-state index contributed by atoms with van der Waals surface area (Å²) in [6.07, 6.45) is 5.03. The molecule has 0 spiro atoms. The Hall–Kier alpha value is -3.44. The van der Waals surface area contributed by atoms with Gasteiger partial charge in [-0.15, -0.1) is 0 Å². The highest BCUT2D eigenvalue weighted by Crippen LogP contribution is 2.28. The van der Waals surface area contributed by atoms with Gasteiger partial charge < -0.3 is 10.6 Å². The molecule has 2 aromatic heterocycles. The second kappa shape index (κ2) is 8.29. The minimum absolute atomic E-state index is 0.178. The first-order valence-corrected chi connectivity index (χ1v) is 9.57. The fourth-order valence-corrected chi connectivity index (χ4v) is 3.24. The Labute approximate surface area is 173 Å². The van der Waals surface area contributed by atoms with Crippen molar-refractivity contribution in [2.75, 3.05) is 5.32 Å². The number of nitrogens with zero attached hydrogens (tertiary/aromatic N) is 2. The van der Waals surface area contributed by atoms with Crippen LogP contribution in [0.3, 0.4) is 0 Å². The van der Waals surface area contributed by atoms with Gasteiger partial charge in [-0.1, -0.05) is 48.0 Å². The highest BCUT2D eigenvalue weighted by atomic mass is 35.5. The summed E-state index contributed by atoms with van der Waals surface area (Å²) in [6.45, 7) is 2.36. The van der Waals surface area contributed by atoms with E-state index in [1.165, 1.54) is 0 Å². The molecule has 2 N–H and O–H groups in total. The number of carbonyl (C=O) groups excluding carboxylic acids is 1. The summed E-state index contributed by atoms with van der Waals surface area (Å²) in [4.78, 5) is 21.3. The molecular weight excluding hydrogens is 384 g/mol. The molecular formula is C23H19ClN4O. The standard InChI is InChI=1S/C23H19ClN4O/c1-15-8-9-17(11-21(15)24)28-22-19-7-3-2-6-18(19)20(14-26-22)23(29)27-13-16-5-4-10-25-12-16/h2-12,14H,13H2,1H3,(H,26,28)(H,27,29). The number of rotatable bonds is 5. The zero-order valence-corrected chi connectivity index (χ0v) is 16.6. The molecule has 2 heterocycles. The second-order valence-corrected chi connectivity index (χ2v) is 7.11. The lowest BCUT2D eigenvalue weighted by molar-refractivity contribution is 0.0952. The van der Waals surface area contributed by atoms with Crippen LogP contribution in [0.15, 0.2) is 73.2 Å². The van der Waals surface area contributed by atoms with Crippen LogP contribution in [0.1, 0.15) is 21.5 Å². The van der Waals surface area contributed by atoms with Crippen molar-refractivity contribution < 1.29 is 4.79 Å². The molecule has 0 unspecified atom stereocenters. The first-order chi connectivity index (χ1) is 14.1. The highest BCUT2D eigenvalue weighted by Gasteiger charge is 2.14. The maximum atomic E-state index is 12.8. The van der Waals surface area contributed by atoms with E-state index in [4.69, 9.17) is 11.6 Å². The van der Waals surface area contributed by atoms with Gasteiger partial charge in [-0.05, 0) is 41.6 Å². The van der Waals surface area contributed by atoms with Crippen molar-refractivity contribution in [2.45, 2.75) is 13.5 Å².